The summed E-state index contributed by atoms with van der Waals surface area (Å²) in [5, 5.41) is 5.97. The van der Waals surface area contributed by atoms with Crippen LogP contribution < -0.4 is 15.9 Å². The smallest absolute Gasteiger partial charge is 0.294 e. The molecule has 30 heavy (non-hydrogen) atoms. The molecule has 5 unspecified atom stereocenters. The average Bonchev–Trinajstić information content (AvgIpc) is 3.32. The summed E-state index contributed by atoms with van der Waals surface area (Å²) in [4.78, 5) is 29.1. The maximum atomic E-state index is 13.0. The number of aromatic nitrogens is 2. The average molecular weight is 411 g/mol. The van der Waals surface area contributed by atoms with Gasteiger partial charge in [-0.25, -0.2) is 5.43 Å². The van der Waals surface area contributed by atoms with Crippen molar-refractivity contribution in [1.82, 2.24) is 9.89 Å². The number of anilines is 1. The highest BCUT2D eigenvalue weighted by molar-refractivity contribution is 5.92. The fourth-order valence-corrected chi connectivity index (χ4v) is 5.86. The molecule has 1 aliphatic heterocycles. The number of hydrogen-bond acceptors (Lipinski definition) is 5. The molecule has 3 aliphatic rings. The van der Waals surface area contributed by atoms with Gasteiger partial charge in [0.25, 0.3) is 5.56 Å². The number of morpholine rings is 1. The third-order valence-corrected chi connectivity index (χ3v) is 7.07. The van der Waals surface area contributed by atoms with E-state index >= 15 is 0 Å². The Morgan fingerprint density at radius 1 is 1.13 bits per heavy atom. The van der Waals surface area contributed by atoms with Gasteiger partial charge in [0.2, 0.25) is 5.91 Å². The molecule has 1 aromatic carbocycles. The molecule has 2 aromatic rings. The summed E-state index contributed by atoms with van der Waals surface area (Å²) in [5.74, 6) is 2.51. The summed E-state index contributed by atoms with van der Waals surface area (Å²) in [6.45, 7) is 5.47. The first-order valence-corrected chi connectivity index (χ1v) is 11.2. The number of fused-ring (bicyclic) bond motifs is 3. The lowest BCUT2D eigenvalue weighted by Gasteiger charge is -2.36. The van der Waals surface area contributed by atoms with Crippen molar-refractivity contribution in [1.29, 1.82) is 0 Å². The fraction of sp³-hybridized carbons (Fsp3) is 0.609. The zero-order valence-corrected chi connectivity index (χ0v) is 17.7. The largest absolute Gasteiger partial charge is 0.372 e. The first-order chi connectivity index (χ1) is 14.5. The van der Waals surface area contributed by atoms with E-state index in [-0.39, 0.29) is 23.7 Å². The molecule has 0 radical (unpaired) electrons. The van der Waals surface area contributed by atoms with Gasteiger partial charge in [0.1, 0.15) is 0 Å². The molecule has 1 aromatic heterocycles. The fourth-order valence-electron chi connectivity index (χ4n) is 5.86. The molecular formula is C23H30N4O3. The number of nitrogens with zero attached hydrogens (tertiary/aromatic N) is 3. The maximum Gasteiger partial charge on any atom is 0.294 e. The molecule has 1 saturated heterocycles. The Morgan fingerprint density at radius 3 is 2.53 bits per heavy atom. The Morgan fingerprint density at radius 2 is 1.87 bits per heavy atom. The highest BCUT2D eigenvalue weighted by Crippen LogP contribution is 2.49. The number of hydrogen-bond donors (Lipinski definition) is 1. The van der Waals surface area contributed by atoms with E-state index in [2.05, 4.69) is 15.4 Å². The van der Waals surface area contributed by atoms with Crippen molar-refractivity contribution in [2.45, 2.75) is 58.2 Å². The van der Waals surface area contributed by atoms with Crippen LogP contribution in [0.15, 0.2) is 29.1 Å². The van der Waals surface area contributed by atoms with Crippen molar-refractivity contribution in [3.63, 3.8) is 0 Å². The number of benzene rings is 1. The number of rotatable bonds is 4. The Balaban J connectivity index is 1.44. The van der Waals surface area contributed by atoms with Gasteiger partial charge in [-0.15, -0.1) is 9.89 Å². The van der Waals surface area contributed by atoms with Crippen LogP contribution in [0.2, 0.25) is 0 Å². The number of ether oxygens (including phenoxy) is 1. The van der Waals surface area contributed by atoms with Gasteiger partial charge in [-0.1, -0.05) is 24.6 Å². The Kier molecular flexibility index (Phi) is 5.01. The first-order valence-electron chi connectivity index (χ1n) is 11.2. The minimum absolute atomic E-state index is 0.0714. The van der Waals surface area contributed by atoms with Gasteiger partial charge in [0.05, 0.1) is 17.6 Å². The summed E-state index contributed by atoms with van der Waals surface area (Å²) in [5.41, 5.74) is 2.50. The molecular weight excluding hydrogens is 380 g/mol. The van der Waals surface area contributed by atoms with Crippen LogP contribution in [0.1, 0.15) is 46.0 Å². The van der Waals surface area contributed by atoms with E-state index < -0.39 is 0 Å². The van der Waals surface area contributed by atoms with Crippen LogP contribution in [0.3, 0.4) is 0 Å². The van der Waals surface area contributed by atoms with Gasteiger partial charge in [-0.05, 0) is 56.9 Å². The second-order valence-electron chi connectivity index (χ2n) is 9.42. The molecule has 5 atom stereocenters. The van der Waals surface area contributed by atoms with E-state index in [1.54, 1.807) is 6.07 Å². The van der Waals surface area contributed by atoms with E-state index in [4.69, 9.17) is 4.74 Å². The molecule has 7 nitrogen and oxygen atoms in total. The van der Waals surface area contributed by atoms with Crippen LogP contribution in [0.4, 0.5) is 5.82 Å². The van der Waals surface area contributed by atoms with Gasteiger partial charge in [-0.2, -0.15) is 0 Å². The number of carbonyl (C=O) groups excluding carboxylic acids is 1. The predicted molar refractivity (Wildman–Crippen MR) is 116 cm³/mol. The molecule has 7 heteroatoms. The Hall–Kier alpha value is -2.41. The van der Waals surface area contributed by atoms with Crippen LogP contribution in [0.5, 0.6) is 0 Å². The van der Waals surface area contributed by atoms with Crippen LogP contribution in [0.25, 0.3) is 10.8 Å². The summed E-state index contributed by atoms with van der Waals surface area (Å²) in [6.07, 6.45) is 5.59. The highest BCUT2D eigenvalue weighted by Gasteiger charge is 2.40. The van der Waals surface area contributed by atoms with Crippen molar-refractivity contribution in [3.05, 3.63) is 34.6 Å². The minimum Gasteiger partial charge on any atom is -0.372 e. The summed E-state index contributed by atoms with van der Waals surface area (Å²) < 4.78 is 5.86. The Bertz CT molecular complexity index is 1010. The van der Waals surface area contributed by atoms with Crippen molar-refractivity contribution in [2.75, 3.05) is 23.4 Å². The van der Waals surface area contributed by atoms with E-state index in [0.29, 0.717) is 42.6 Å². The molecule has 1 amide bonds. The molecule has 2 heterocycles. The van der Waals surface area contributed by atoms with E-state index in [1.165, 1.54) is 19.3 Å². The molecule has 0 spiro atoms. The standard InChI is InChI=1S/C23H30N4O3/c1-14-12-26(13-15(2)30-14)22-19-5-3-4-6-20(19)23(29)27(25-22)24-21(28)11-18-10-16-7-8-17(18)9-16/h3-6,14-18H,7-13H2,1-2H3,(H,24,28). The molecule has 2 saturated carbocycles. The lowest BCUT2D eigenvalue weighted by molar-refractivity contribution is -0.118. The zero-order valence-electron chi connectivity index (χ0n) is 17.7. The topological polar surface area (TPSA) is 76.5 Å². The lowest BCUT2D eigenvalue weighted by atomic mass is 9.86. The van der Waals surface area contributed by atoms with Crippen LogP contribution in [-0.2, 0) is 9.53 Å². The number of amides is 1. The van der Waals surface area contributed by atoms with Gasteiger partial charge in [0, 0.05) is 24.9 Å². The molecule has 2 aliphatic carbocycles. The van der Waals surface area contributed by atoms with Crippen molar-refractivity contribution >= 4 is 22.5 Å². The second kappa shape index (κ2) is 7.69. The van der Waals surface area contributed by atoms with Crippen molar-refractivity contribution < 1.29 is 9.53 Å². The zero-order chi connectivity index (χ0) is 20.8. The molecule has 3 fully saturated rings. The number of nitrogens with one attached hydrogen (secondary N) is 1. The van der Waals surface area contributed by atoms with E-state index in [9.17, 15) is 9.59 Å². The number of carbonyl (C=O) groups is 1. The second-order valence-corrected chi connectivity index (χ2v) is 9.42. The van der Waals surface area contributed by atoms with Gasteiger partial charge < -0.3 is 9.64 Å². The van der Waals surface area contributed by atoms with Crippen LogP contribution >= 0.6 is 0 Å². The Labute approximate surface area is 176 Å². The van der Waals surface area contributed by atoms with Crippen LogP contribution in [0, 0.1) is 17.8 Å². The maximum absolute atomic E-state index is 13.0. The summed E-state index contributed by atoms with van der Waals surface area (Å²) >= 11 is 0. The molecule has 1 N–H and O–H groups in total. The minimum atomic E-state index is -0.287. The normalized spacial score (nSPS) is 30.7. The monoisotopic (exact) mass is 410 g/mol. The highest BCUT2D eigenvalue weighted by atomic mass is 16.5. The molecule has 160 valence electrons. The third kappa shape index (κ3) is 3.60. The quantitative estimate of drug-likeness (QED) is 0.839. The van der Waals surface area contributed by atoms with Crippen molar-refractivity contribution in [2.24, 2.45) is 17.8 Å². The van der Waals surface area contributed by atoms with E-state index in [1.807, 2.05) is 32.0 Å². The molecule has 2 bridgehead atoms. The third-order valence-electron chi connectivity index (χ3n) is 7.07. The van der Waals surface area contributed by atoms with E-state index in [0.717, 1.165) is 22.5 Å². The first kappa shape index (κ1) is 19.5. The van der Waals surface area contributed by atoms with Gasteiger partial charge in [-0.3, -0.25) is 9.59 Å². The summed E-state index contributed by atoms with van der Waals surface area (Å²) in [7, 11) is 0. The summed E-state index contributed by atoms with van der Waals surface area (Å²) in [6, 6.07) is 7.48. The SMILES string of the molecule is CC1CN(c2nn(NC(=O)CC3CC4CCC3C4)c(=O)c3ccccc23)CC(C)O1. The molecule has 5 rings (SSSR count). The van der Waals surface area contributed by atoms with Crippen molar-refractivity contribution in [3.8, 4) is 0 Å². The van der Waals surface area contributed by atoms with Gasteiger partial charge >= 0.3 is 0 Å². The van der Waals surface area contributed by atoms with Gasteiger partial charge in [0.15, 0.2) is 5.82 Å². The predicted octanol–water partition coefficient (Wildman–Crippen LogP) is 2.91. The van der Waals surface area contributed by atoms with Crippen LogP contribution in [-0.4, -0.2) is 41.1 Å². The lowest BCUT2D eigenvalue weighted by Crippen LogP contribution is -2.47.